The van der Waals surface area contributed by atoms with Crippen molar-refractivity contribution >= 4 is 17.6 Å². The molecule has 0 saturated carbocycles. The molecule has 1 aromatic heterocycles. The van der Waals surface area contributed by atoms with Crippen LogP contribution in [0.3, 0.4) is 0 Å². The van der Waals surface area contributed by atoms with Gasteiger partial charge in [-0.25, -0.2) is 0 Å². The van der Waals surface area contributed by atoms with Crippen LogP contribution in [0, 0.1) is 6.92 Å². The summed E-state index contributed by atoms with van der Waals surface area (Å²) in [5.74, 6) is 0. The minimum Gasteiger partial charge on any atom is -0.591 e. The predicted octanol–water partition coefficient (Wildman–Crippen LogP) is 3.94. The number of aromatic nitrogens is 1. The van der Waals surface area contributed by atoms with E-state index in [2.05, 4.69) is 15.4 Å². The van der Waals surface area contributed by atoms with E-state index in [0.29, 0.717) is 0 Å². The molecule has 0 N–H and O–H groups in total. The van der Waals surface area contributed by atoms with Crippen LogP contribution in [0.4, 0.5) is 0 Å². The van der Waals surface area contributed by atoms with Crippen LogP contribution in [0.1, 0.15) is 31.9 Å². The maximum absolute atomic E-state index is 12.0. The van der Waals surface area contributed by atoms with Crippen LogP contribution < -0.4 is 0 Å². The molecule has 0 radical (unpaired) electrons. The highest BCUT2D eigenvalue weighted by Gasteiger charge is 2.25. The predicted molar refractivity (Wildman–Crippen MR) is 89.9 cm³/mol. The highest BCUT2D eigenvalue weighted by Crippen LogP contribution is 2.23. The molecule has 1 heterocycles. The van der Waals surface area contributed by atoms with Gasteiger partial charge >= 0.3 is 0 Å². The van der Waals surface area contributed by atoms with E-state index in [1.165, 1.54) is 0 Å². The fraction of sp³-hybridized carbons (Fsp3) is 0.294. The lowest BCUT2D eigenvalue weighted by molar-refractivity contribution is 0.562. The van der Waals surface area contributed by atoms with E-state index in [1.807, 2.05) is 58.2 Å². The Balaban J connectivity index is 2.27. The summed E-state index contributed by atoms with van der Waals surface area (Å²) in [6.45, 7) is 7.78. The molecule has 2 rings (SSSR count). The van der Waals surface area contributed by atoms with Crippen LogP contribution in [0.2, 0.25) is 0 Å². The van der Waals surface area contributed by atoms with Crippen LogP contribution in [0.5, 0.6) is 0 Å². The van der Waals surface area contributed by atoms with Crippen molar-refractivity contribution in [3.8, 4) is 11.1 Å². The first-order valence-corrected chi connectivity index (χ1v) is 7.96. The van der Waals surface area contributed by atoms with Crippen molar-refractivity contribution in [3.05, 3.63) is 53.9 Å². The second kappa shape index (κ2) is 6.41. The van der Waals surface area contributed by atoms with E-state index >= 15 is 0 Å². The number of hydrogen-bond donors (Lipinski definition) is 0. The summed E-state index contributed by atoms with van der Waals surface area (Å²) >= 11 is -1.23. The molecule has 0 amide bonds. The molecule has 1 unspecified atom stereocenters. The van der Waals surface area contributed by atoms with E-state index in [4.69, 9.17) is 0 Å². The van der Waals surface area contributed by atoms with Crippen LogP contribution in [-0.4, -0.2) is 20.5 Å². The third-order valence-electron chi connectivity index (χ3n) is 3.04. The van der Waals surface area contributed by atoms with Crippen LogP contribution in [0.25, 0.3) is 11.1 Å². The Hall–Kier alpha value is -1.65. The van der Waals surface area contributed by atoms with Crippen molar-refractivity contribution in [3.63, 3.8) is 0 Å². The zero-order valence-electron chi connectivity index (χ0n) is 12.8. The van der Waals surface area contributed by atoms with E-state index < -0.39 is 11.4 Å². The first-order valence-electron chi connectivity index (χ1n) is 6.85. The molecule has 0 aliphatic heterocycles. The highest BCUT2D eigenvalue weighted by atomic mass is 32.2. The molecule has 4 heteroatoms. The SMILES string of the molecule is Cc1cnccc1-c1cccc(/C=N/[S+]([O-])C(C)(C)C)c1. The topological polar surface area (TPSA) is 48.3 Å². The summed E-state index contributed by atoms with van der Waals surface area (Å²) in [6.07, 6.45) is 5.32. The van der Waals surface area contributed by atoms with Gasteiger partial charge in [-0.2, -0.15) is 0 Å². The molecule has 1 aromatic carbocycles. The molecule has 0 saturated heterocycles. The fourth-order valence-electron chi connectivity index (χ4n) is 1.85. The first kappa shape index (κ1) is 15.7. The summed E-state index contributed by atoms with van der Waals surface area (Å²) < 4.78 is 15.8. The van der Waals surface area contributed by atoms with Crippen molar-refractivity contribution in [2.75, 3.05) is 0 Å². The molecule has 0 fully saturated rings. The number of nitrogens with zero attached hydrogens (tertiary/aromatic N) is 2. The van der Waals surface area contributed by atoms with Gasteiger partial charge in [0.05, 0.1) is 6.21 Å². The number of benzene rings is 1. The van der Waals surface area contributed by atoms with Gasteiger partial charge in [0, 0.05) is 12.4 Å². The quantitative estimate of drug-likeness (QED) is 0.637. The Labute approximate surface area is 129 Å². The summed E-state index contributed by atoms with van der Waals surface area (Å²) in [5.41, 5.74) is 4.34. The number of rotatable bonds is 3. The van der Waals surface area contributed by atoms with Gasteiger partial charge in [-0.1, -0.05) is 22.6 Å². The maximum Gasteiger partial charge on any atom is 0.144 e. The normalized spacial score (nSPS) is 13.6. The van der Waals surface area contributed by atoms with Crippen molar-refractivity contribution in [2.24, 2.45) is 4.40 Å². The summed E-state index contributed by atoms with van der Waals surface area (Å²) in [7, 11) is 0. The van der Waals surface area contributed by atoms with Gasteiger partial charge in [-0.15, -0.1) is 0 Å². The molecule has 3 nitrogen and oxygen atoms in total. The number of pyridine rings is 1. The van der Waals surface area contributed by atoms with E-state index in [9.17, 15) is 4.55 Å². The minimum atomic E-state index is -1.23. The number of aryl methyl sites for hydroxylation is 1. The Morgan fingerprint density at radius 1 is 1.24 bits per heavy atom. The fourth-order valence-corrected chi connectivity index (χ4v) is 2.38. The zero-order valence-corrected chi connectivity index (χ0v) is 13.6. The molecule has 0 bridgehead atoms. The number of hydrogen-bond acceptors (Lipinski definition) is 3. The van der Waals surface area contributed by atoms with Gasteiger partial charge in [0.15, 0.2) is 0 Å². The van der Waals surface area contributed by atoms with Crippen molar-refractivity contribution in [1.82, 2.24) is 4.98 Å². The maximum atomic E-state index is 12.0. The van der Waals surface area contributed by atoms with Crippen LogP contribution in [0.15, 0.2) is 47.1 Å². The average molecular weight is 300 g/mol. The van der Waals surface area contributed by atoms with Crippen molar-refractivity contribution < 1.29 is 4.55 Å². The summed E-state index contributed by atoms with van der Waals surface area (Å²) in [5, 5.41) is 0. The summed E-state index contributed by atoms with van der Waals surface area (Å²) in [4.78, 5) is 4.11. The van der Waals surface area contributed by atoms with Gasteiger partial charge < -0.3 is 4.55 Å². The smallest absolute Gasteiger partial charge is 0.144 e. The molecular weight excluding hydrogens is 280 g/mol. The first-order chi connectivity index (χ1) is 9.88. The Kier molecular flexibility index (Phi) is 4.80. The van der Waals surface area contributed by atoms with Gasteiger partial charge in [0.2, 0.25) is 0 Å². The van der Waals surface area contributed by atoms with E-state index in [0.717, 1.165) is 22.3 Å². The lowest BCUT2D eigenvalue weighted by Gasteiger charge is -2.17. The molecule has 110 valence electrons. The van der Waals surface area contributed by atoms with E-state index in [1.54, 1.807) is 12.4 Å². The monoisotopic (exact) mass is 300 g/mol. The standard InChI is InChI=1S/C17H20N2OS/c1-13-11-18-9-8-16(13)15-7-5-6-14(10-15)12-19-21(20)17(2,3)4/h5-12H,1-4H3/b19-12+. The molecule has 0 aliphatic carbocycles. The Morgan fingerprint density at radius 3 is 2.67 bits per heavy atom. The van der Waals surface area contributed by atoms with Crippen LogP contribution >= 0.6 is 0 Å². The molecule has 0 spiro atoms. The van der Waals surface area contributed by atoms with Crippen molar-refractivity contribution in [1.29, 1.82) is 0 Å². The molecule has 1 atom stereocenters. The second-order valence-corrected chi connectivity index (χ2v) is 7.85. The highest BCUT2D eigenvalue weighted by molar-refractivity contribution is 7.91. The Bertz CT molecular complexity index is 647. The largest absolute Gasteiger partial charge is 0.591 e. The minimum absolute atomic E-state index is 0.338. The van der Waals surface area contributed by atoms with Crippen LogP contribution in [-0.2, 0) is 11.4 Å². The average Bonchev–Trinajstić information content (AvgIpc) is 2.44. The lowest BCUT2D eigenvalue weighted by atomic mass is 10.0. The molecule has 0 aliphatic rings. The summed E-state index contributed by atoms with van der Waals surface area (Å²) in [6, 6.07) is 10.0. The van der Waals surface area contributed by atoms with Gasteiger partial charge in [-0.05, 0) is 62.1 Å². The van der Waals surface area contributed by atoms with Crippen molar-refractivity contribution in [2.45, 2.75) is 32.4 Å². The third-order valence-corrected chi connectivity index (χ3v) is 4.38. The molecule has 2 aromatic rings. The van der Waals surface area contributed by atoms with Gasteiger partial charge in [-0.3, -0.25) is 4.98 Å². The molecular formula is C17H20N2OS. The Morgan fingerprint density at radius 2 is 2.00 bits per heavy atom. The van der Waals surface area contributed by atoms with Gasteiger partial charge in [0.25, 0.3) is 0 Å². The second-order valence-electron chi connectivity index (χ2n) is 5.91. The zero-order chi connectivity index (χ0) is 15.5. The van der Waals surface area contributed by atoms with E-state index in [-0.39, 0.29) is 4.75 Å². The lowest BCUT2D eigenvalue weighted by Crippen LogP contribution is -2.25. The van der Waals surface area contributed by atoms with Gasteiger partial charge in [0.1, 0.15) is 16.1 Å². The molecule has 21 heavy (non-hydrogen) atoms. The third kappa shape index (κ3) is 4.16.